The zero-order valence-electron chi connectivity index (χ0n) is 10.3. The molecule has 1 aromatic carbocycles. The van der Waals surface area contributed by atoms with Gasteiger partial charge < -0.3 is 0 Å². The van der Waals surface area contributed by atoms with Gasteiger partial charge >= 0.3 is 0 Å². The number of nitrogens with zero attached hydrogens (tertiary/aromatic N) is 2. The monoisotopic (exact) mass is 269 g/mol. The highest BCUT2D eigenvalue weighted by atomic mass is 32.1. The lowest BCUT2D eigenvalue weighted by Crippen LogP contribution is -2.14. The van der Waals surface area contributed by atoms with Gasteiger partial charge in [0, 0.05) is 11.9 Å². The molecule has 0 aliphatic carbocycles. The molecule has 0 saturated carbocycles. The lowest BCUT2D eigenvalue weighted by Gasteiger charge is -2.10. The van der Waals surface area contributed by atoms with Crippen LogP contribution in [0.3, 0.4) is 0 Å². The van der Waals surface area contributed by atoms with E-state index in [1.165, 1.54) is 0 Å². The van der Waals surface area contributed by atoms with Crippen molar-refractivity contribution in [2.24, 2.45) is 0 Å². The first-order valence-corrected chi connectivity index (χ1v) is 6.25. The van der Waals surface area contributed by atoms with Crippen molar-refractivity contribution in [2.75, 3.05) is 0 Å². The molecule has 0 amide bonds. The third-order valence-electron chi connectivity index (χ3n) is 2.96. The van der Waals surface area contributed by atoms with Crippen LogP contribution in [0.4, 0.5) is 0 Å². The number of rotatable bonds is 1. The number of benzene rings is 1. The number of hydrogen-bond donors (Lipinski definition) is 1. The summed E-state index contributed by atoms with van der Waals surface area (Å²) in [5, 5.41) is 0.525. The Balaban J connectivity index is 2.44. The van der Waals surface area contributed by atoms with Crippen molar-refractivity contribution >= 4 is 23.3 Å². The summed E-state index contributed by atoms with van der Waals surface area (Å²) in [6.07, 6.45) is 1.65. The van der Waals surface area contributed by atoms with Crippen LogP contribution in [-0.4, -0.2) is 14.5 Å². The molecule has 0 saturated heterocycles. The molecule has 1 N–H and O–H groups in total. The second kappa shape index (κ2) is 4.44. The van der Waals surface area contributed by atoms with Crippen molar-refractivity contribution in [1.82, 2.24) is 14.5 Å². The van der Waals surface area contributed by atoms with Gasteiger partial charge in [-0.15, -0.1) is 0 Å². The smallest absolute Gasteiger partial charge is 0.261 e. The van der Waals surface area contributed by atoms with E-state index >= 15 is 0 Å². The molecule has 2 heterocycles. The predicted octanol–water partition coefficient (Wildman–Crippen LogP) is 2.75. The molecule has 0 radical (unpaired) electrons. The molecule has 4 nitrogen and oxygen atoms in total. The summed E-state index contributed by atoms with van der Waals surface area (Å²) in [6.45, 7) is 2.02. The zero-order valence-corrected chi connectivity index (χ0v) is 11.1. The van der Waals surface area contributed by atoms with Gasteiger partial charge in [-0.1, -0.05) is 17.7 Å². The van der Waals surface area contributed by atoms with Crippen LogP contribution in [0.15, 0.2) is 47.4 Å². The third kappa shape index (κ3) is 1.98. The third-order valence-corrected chi connectivity index (χ3v) is 3.24. The maximum absolute atomic E-state index is 11.9. The molecule has 94 valence electrons. The van der Waals surface area contributed by atoms with Crippen LogP contribution in [0.1, 0.15) is 5.56 Å². The Kier molecular flexibility index (Phi) is 2.76. The van der Waals surface area contributed by atoms with Gasteiger partial charge in [-0.3, -0.25) is 14.3 Å². The second-order valence-corrected chi connectivity index (χ2v) is 4.69. The highest BCUT2D eigenvalue weighted by molar-refractivity contribution is 7.71. The van der Waals surface area contributed by atoms with Crippen molar-refractivity contribution in [3.63, 3.8) is 0 Å². The number of aromatic amines is 1. The Hall–Kier alpha value is -2.27. The van der Waals surface area contributed by atoms with Crippen LogP contribution in [0.25, 0.3) is 16.7 Å². The fourth-order valence-electron chi connectivity index (χ4n) is 2.00. The Bertz CT molecular complexity index is 862. The Morgan fingerprint density at radius 1 is 1.21 bits per heavy atom. The largest absolute Gasteiger partial charge is 0.298 e. The molecule has 0 aliphatic rings. The van der Waals surface area contributed by atoms with Gasteiger partial charge in [-0.25, -0.2) is 4.98 Å². The van der Waals surface area contributed by atoms with Gasteiger partial charge in [0.05, 0.1) is 5.39 Å². The van der Waals surface area contributed by atoms with E-state index < -0.39 is 0 Å². The SMILES string of the molecule is Cc1ccc(-n2c(=S)[nH]c(=O)c3cccnc32)cc1. The van der Waals surface area contributed by atoms with Crippen molar-refractivity contribution in [1.29, 1.82) is 0 Å². The van der Waals surface area contributed by atoms with Crippen molar-refractivity contribution in [2.45, 2.75) is 6.92 Å². The summed E-state index contributed by atoms with van der Waals surface area (Å²) < 4.78 is 2.12. The summed E-state index contributed by atoms with van der Waals surface area (Å²) in [6, 6.07) is 11.4. The predicted molar refractivity (Wildman–Crippen MR) is 77.3 cm³/mol. The van der Waals surface area contributed by atoms with E-state index in [1.807, 2.05) is 31.2 Å². The molecule has 19 heavy (non-hydrogen) atoms. The Morgan fingerprint density at radius 2 is 1.95 bits per heavy atom. The van der Waals surface area contributed by atoms with Crippen LogP contribution in [-0.2, 0) is 0 Å². The van der Waals surface area contributed by atoms with E-state index in [-0.39, 0.29) is 5.56 Å². The average Bonchev–Trinajstić information content (AvgIpc) is 2.41. The Morgan fingerprint density at radius 3 is 2.68 bits per heavy atom. The number of fused-ring (bicyclic) bond motifs is 1. The fraction of sp³-hybridized carbons (Fsp3) is 0.0714. The van der Waals surface area contributed by atoms with Gasteiger partial charge in [-0.2, -0.15) is 0 Å². The summed E-state index contributed by atoms with van der Waals surface area (Å²) in [5.41, 5.74) is 2.41. The highest BCUT2D eigenvalue weighted by Crippen LogP contribution is 2.14. The van der Waals surface area contributed by atoms with E-state index in [1.54, 1.807) is 22.9 Å². The molecule has 5 heteroatoms. The molecule has 3 aromatic rings. The number of nitrogens with one attached hydrogen (secondary N) is 1. The fourth-order valence-corrected chi connectivity index (χ4v) is 2.29. The van der Waals surface area contributed by atoms with Gasteiger partial charge in [0.2, 0.25) is 0 Å². The van der Waals surface area contributed by atoms with Gasteiger partial charge in [-0.05, 0) is 43.4 Å². The molecule has 0 aliphatic heterocycles. The standard InChI is InChI=1S/C14H11N3OS/c1-9-4-6-10(7-5-9)17-12-11(3-2-8-15-12)13(18)16-14(17)19/h2-8H,1H3,(H,16,18,19). The minimum Gasteiger partial charge on any atom is -0.298 e. The minimum atomic E-state index is -0.212. The zero-order chi connectivity index (χ0) is 13.4. The van der Waals surface area contributed by atoms with E-state index in [4.69, 9.17) is 12.2 Å². The summed E-state index contributed by atoms with van der Waals surface area (Å²) >= 11 is 5.25. The number of H-pyrrole nitrogens is 1. The summed E-state index contributed by atoms with van der Waals surface area (Å²) in [4.78, 5) is 18.8. The number of aromatic nitrogens is 3. The van der Waals surface area contributed by atoms with Gasteiger partial charge in [0.15, 0.2) is 10.4 Å². The highest BCUT2D eigenvalue weighted by Gasteiger charge is 2.07. The molecule has 2 aromatic heterocycles. The minimum absolute atomic E-state index is 0.212. The van der Waals surface area contributed by atoms with Gasteiger partial charge in [0.1, 0.15) is 0 Å². The van der Waals surface area contributed by atoms with Crippen LogP contribution < -0.4 is 5.56 Å². The van der Waals surface area contributed by atoms with E-state index in [2.05, 4.69) is 9.97 Å². The van der Waals surface area contributed by atoms with Crippen LogP contribution >= 0.6 is 12.2 Å². The molecular formula is C14H11N3OS. The lowest BCUT2D eigenvalue weighted by molar-refractivity contribution is 0.967. The van der Waals surface area contributed by atoms with Crippen molar-refractivity contribution < 1.29 is 0 Å². The molecule has 3 rings (SSSR count). The summed E-state index contributed by atoms with van der Waals surface area (Å²) in [5.74, 6) is 0. The first-order valence-electron chi connectivity index (χ1n) is 5.84. The molecule has 0 spiro atoms. The van der Waals surface area contributed by atoms with Crippen LogP contribution in [0.2, 0.25) is 0 Å². The average molecular weight is 269 g/mol. The lowest BCUT2D eigenvalue weighted by atomic mass is 10.2. The molecule has 0 atom stereocenters. The molecular weight excluding hydrogens is 258 g/mol. The maximum Gasteiger partial charge on any atom is 0.261 e. The maximum atomic E-state index is 11.9. The van der Waals surface area contributed by atoms with Crippen molar-refractivity contribution in [3.8, 4) is 5.69 Å². The van der Waals surface area contributed by atoms with E-state index in [9.17, 15) is 4.79 Å². The number of hydrogen-bond acceptors (Lipinski definition) is 3. The van der Waals surface area contributed by atoms with Crippen LogP contribution in [0.5, 0.6) is 0 Å². The first-order chi connectivity index (χ1) is 9.16. The topological polar surface area (TPSA) is 50.7 Å². The normalized spacial score (nSPS) is 10.8. The summed E-state index contributed by atoms with van der Waals surface area (Å²) in [7, 11) is 0. The van der Waals surface area contributed by atoms with Gasteiger partial charge in [0.25, 0.3) is 5.56 Å². The molecule has 0 fully saturated rings. The second-order valence-electron chi connectivity index (χ2n) is 4.30. The Labute approximate surface area is 114 Å². The van der Waals surface area contributed by atoms with Crippen LogP contribution in [0, 0.1) is 11.7 Å². The quantitative estimate of drug-likeness (QED) is 0.691. The molecule has 0 bridgehead atoms. The first kappa shape index (κ1) is 11.8. The van der Waals surface area contributed by atoms with E-state index in [0.29, 0.717) is 15.8 Å². The van der Waals surface area contributed by atoms with Crippen molar-refractivity contribution in [3.05, 3.63) is 63.3 Å². The number of pyridine rings is 1. The van der Waals surface area contributed by atoms with E-state index in [0.717, 1.165) is 11.3 Å². The molecule has 0 unspecified atom stereocenters. The number of aryl methyl sites for hydroxylation is 1.